The van der Waals surface area contributed by atoms with Crippen molar-refractivity contribution in [2.24, 2.45) is 5.92 Å². The van der Waals surface area contributed by atoms with Crippen LogP contribution in [0, 0.1) is 5.92 Å². The van der Waals surface area contributed by atoms with Crippen molar-refractivity contribution in [1.82, 2.24) is 4.90 Å². The predicted octanol–water partition coefficient (Wildman–Crippen LogP) is 3.30. The normalized spacial score (nSPS) is 16.6. The van der Waals surface area contributed by atoms with Crippen molar-refractivity contribution in [2.75, 3.05) is 13.2 Å². The van der Waals surface area contributed by atoms with Gasteiger partial charge < -0.3 is 19.8 Å². The Morgan fingerprint density at radius 3 is 2.50 bits per heavy atom. The molecule has 0 aliphatic heterocycles. The highest BCUT2D eigenvalue weighted by atomic mass is 35.5. The fraction of sp³-hybridized carbons (Fsp3) is 0.529. The zero-order chi connectivity index (χ0) is 18.1. The van der Waals surface area contributed by atoms with Gasteiger partial charge in [-0.3, -0.25) is 4.79 Å². The summed E-state index contributed by atoms with van der Waals surface area (Å²) in [5, 5.41) is 18.8. The Labute approximate surface area is 146 Å². The van der Waals surface area contributed by atoms with Gasteiger partial charge in [0.2, 0.25) is 0 Å². The lowest BCUT2D eigenvalue weighted by molar-refractivity contribution is -0.141. The number of benzene rings is 1. The van der Waals surface area contributed by atoms with Crippen molar-refractivity contribution in [3.05, 3.63) is 28.3 Å². The largest absolute Gasteiger partial charge is 0.490 e. The first-order valence-electron chi connectivity index (χ1n) is 7.77. The quantitative estimate of drug-likeness (QED) is 0.846. The summed E-state index contributed by atoms with van der Waals surface area (Å²) in [7, 11) is 0. The van der Waals surface area contributed by atoms with Crippen LogP contribution in [0.2, 0.25) is 5.02 Å². The summed E-state index contributed by atoms with van der Waals surface area (Å²) in [5.74, 6) is -0.816. The van der Waals surface area contributed by atoms with Crippen LogP contribution in [0.5, 0.6) is 5.75 Å². The molecule has 0 fully saturated rings. The number of carboxylic acids is 1. The standard InChI is InChI=1S/C17H22ClNO5/c1-17(2,3)19(16(22)23)6-7-24-13-5-4-10-8-11(15(20)21)9-12(10)14(13)18/h4-5,11H,6-9H2,1-3H3,(H,20,21)(H,22,23). The summed E-state index contributed by atoms with van der Waals surface area (Å²) in [6.07, 6.45) is -0.138. The molecule has 2 rings (SSSR count). The van der Waals surface area contributed by atoms with E-state index in [2.05, 4.69) is 0 Å². The topological polar surface area (TPSA) is 87.1 Å². The zero-order valence-electron chi connectivity index (χ0n) is 14.0. The van der Waals surface area contributed by atoms with Crippen LogP contribution in [0.25, 0.3) is 0 Å². The van der Waals surface area contributed by atoms with Gasteiger partial charge in [-0.05, 0) is 50.8 Å². The lowest BCUT2D eigenvalue weighted by atomic mass is 10.1. The molecule has 1 aromatic rings. The Balaban J connectivity index is 2.04. The number of aliphatic carboxylic acids is 1. The van der Waals surface area contributed by atoms with E-state index in [4.69, 9.17) is 21.4 Å². The number of amides is 1. The maximum absolute atomic E-state index is 11.3. The van der Waals surface area contributed by atoms with Gasteiger partial charge in [0.05, 0.1) is 17.5 Å². The van der Waals surface area contributed by atoms with E-state index in [0.717, 1.165) is 11.1 Å². The van der Waals surface area contributed by atoms with Gasteiger partial charge in [-0.1, -0.05) is 17.7 Å². The molecule has 132 valence electrons. The van der Waals surface area contributed by atoms with Gasteiger partial charge in [0, 0.05) is 5.54 Å². The highest BCUT2D eigenvalue weighted by molar-refractivity contribution is 6.33. The first-order valence-corrected chi connectivity index (χ1v) is 8.15. The van der Waals surface area contributed by atoms with E-state index in [0.29, 0.717) is 23.6 Å². The minimum Gasteiger partial charge on any atom is -0.490 e. The van der Waals surface area contributed by atoms with Gasteiger partial charge in [0.25, 0.3) is 0 Å². The zero-order valence-corrected chi connectivity index (χ0v) is 14.8. The molecule has 1 unspecified atom stereocenters. The lowest BCUT2D eigenvalue weighted by Gasteiger charge is -2.33. The molecule has 24 heavy (non-hydrogen) atoms. The second-order valence-corrected chi connectivity index (χ2v) is 7.29. The van der Waals surface area contributed by atoms with Crippen LogP contribution in [0.4, 0.5) is 4.79 Å². The number of nitrogens with zero attached hydrogens (tertiary/aromatic N) is 1. The Hall–Kier alpha value is -1.95. The van der Waals surface area contributed by atoms with Crippen molar-refractivity contribution >= 4 is 23.7 Å². The van der Waals surface area contributed by atoms with Crippen LogP contribution >= 0.6 is 11.6 Å². The Kier molecular flexibility index (Phi) is 5.28. The van der Waals surface area contributed by atoms with E-state index >= 15 is 0 Å². The molecule has 1 aliphatic carbocycles. The van der Waals surface area contributed by atoms with E-state index in [9.17, 15) is 14.7 Å². The van der Waals surface area contributed by atoms with E-state index in [1.54, 1.807) is 6.07 Å². The summed E-state index contributed by atoms with van der Waals surface area (Å²) >= 11 is 6.34. The van der Waals surface area contributed by atoms with Gasteiger partial charge in [-0.25, -0.2) is 4.79 Å². The lowest BCUT2D eigenvalue weighted by Crippen LogP contribution is -2.46. The third-order valence-electron chi connectivity index (χ3n) is 4.18. The monoisotopic (exact) mass is 355 g/mol. The van der Waals surface area contributed by atoms with E-state index in [1.165, 1.54) is 4.90 Å². The van der Waals surface area contributed by atoms with E-state index in [1.807, 2.05) is 26.8 Å². The number of carbonyl (C=O) groups is 2. The smallest absolute Gasteiger partial charge is 0.407 e. The number of rotatable bonds is 5. The molecule has 1 amide bonds. The third kappa shape index (κ3) is 3.93. The molecule has 0 bridgehead atoms. The summed E-state index contributed by atoms with van der Waals surface area (Å²) in [6.45, 7) is 5.83. The average Bonchev–Trinajstić information content (AvgIpc) is 2.89. The molecule has 0 radical (unpaired) electrons. The van der Waals surface area contributed by atoms with Crippen LogP contribution < -0.4 is 4.74 Å². The molecule has 0 aromatic heterocycles. The Morgan fingerprint density at radius 2 is 1.96 bits per heavy atom. The maximum Gasteiger partial charge on any atom is 0.407 e. The summed E-state index contributed by atoms with van der Waals surface area (Å²) < 4.78 is 5.65. The van der Waals surface area contributed by atoms with Crippen molar-refractivity contribution in [3.63, 3.8) is 0 Å². The number of hydrogen-bond acceptors (Lipinski definition) is 3. The summed E-state index contributed by atoms with van der Waals surface area (Å²) in [5.41, 5.74) is 1.22. The molecule has 0 saturated heterocycles. The molecule has 7 heteroatoms. The molecule has 2 N–H and O–H groups in total. The van der Waals surface area contributed by atoms with Crippen LogP contribution in [0.3, 0.4) is 0 Å². The number of ether oxygens (including phenoxy) is 1. The van der Waals surface area contributed by atoms with Gasteiger partial charge in [0.1, 0.15) is 12.4 Å². The van der Waals surface area contributed by atoms with E-state index in [-0.39, 0.29) is 13.2 Å². The van der Waals surface area contributed by atoms with Gasteiger partial charge in [0.15, 0.2) is 0 Å². The molecule has 6 nitrogen and oxygen atoms in total. The maximum atomic E-state index is 11.3. The summed E-state index contributed by atoms with van der Waals surface area (Å²) in [6, 6.07) is 3.55. The van der Waals surface area contributed by atoms with Gasteiger partial charge in [-0.15, -0.1) is 0 Å². The fourth-order valence-corrected chi connectivity index (χ4v) is 3.20. The van der Waals surface area contributed by atoms with Crippen molar-refractivity contribution in [2.45, 2.75) is 39.2 Å². The third-order valence-corrected chi connectivity index (χ3v) is 4.60. The number of halogens is 1. The second kappa shape index (κ2) is 6.89. The number of carboxylic acid groups (broad SMARTS) is 2. The first-order chi connectivity index (χ1) is 11.1. The highest BCUT2D eigenvalue weighted by Crippen LogP contribution is 2.38. The molecule has 1 atom stereocenters. The van der Waals surface area contributed by atoms with Crippen molar-refractivity contribution in [3.8, 4) is 5.75 Å². The van der Waals surface area contributed by atoms with Crippen LogP contribution in [0.1, 0.15) is 31.9 Å². The molecular weight excluding hydrogens is 334 g/mol. The summed E-state index contributed by atoms with van der Waals surface area (Å²) in [4.78, 5) is 23.7. The Morgan fingerprint density at radius 1 is 1.29 bits per heavy atom. The predicted molar refractivity (Wildman–Crippen MR) is 90.0 cm³/mol. The fourth-order valence-electron chi connectivity index (χ4n) is 2.89. The molecule has 0 heterocycles. The minimum absolute atomic E-state index is 0.171. The van der Waals surface area contributed by atoms with Gasteiger partial charge in [-0.2, -0.15) is 0 Å². The van der Waals surface area contributed by atoms with Gasteiger partial charge >= 0.3 is 12.1 Å². The molecule has 0 saturated carbocycles. The molecule has 1 aromatic carbocycles. The van der Waals surface area contributed by atoms with Crippen molar-refractivity contribution in [1.29, 1.82) is 0 Å². The molecule has 0 spiro atoms. The first kappa shape index (κ1) is 18.4. The molecular formula is C17H22ClNO5. The SMILES string of the molecule is CC(C)(C)N(CCOc1ccc2c(c1Cl)CC(C(=O)O)C2)C(=O)O. The number of fused-ring (bicyclic) bond motifs is 1. The Bertz CT molecular complexity index is 653. The number of hydrogen-bond donors (Lipinski definition) is 2. The van der Waals surface area contributed by atoms with Crippen LogP contribution in [0.15, 0.2) is 12.1 Å². The van der Waals surface area contributed by atoms with Crippen LogP contribution in [-0.2, 0) is 17.6 Å². The second-order valence-electron chi connectivity index (χ2n) is 6.91. The molecule has 1 aliphatic rings. The van der Waals surface area contributed by atoms with E-state index < -0.39 is 23.5 Å². The van der Waals surface area contributed by atoms with Crippen LogP contribution in [-0.4, -0.2) is 45.9 Å². The minimum atomic E-state index is -1.00. The average molecular weight is 356 g/mol. The highest BCUT2D eigenvalue weighted by Gasteiger charge is 2.30. The van der Waals surface area contributed by atoms with Crippen molar-refractivity contribution < 1.29 is 24.5 Å².